The molecule has 4 nitrogen and oxygen atoms in total. The molecule has 3 rings (SSSR count). The van der Waals surface area contributed by atoms with E-state index in [-0.39, 0.29) is 5.97 Å². The summed E-state index contributed by atoms with van der Waals surface area (Å²) in [5.41, 5.74) is 3.70. The van der Waals surface area contributed by atoms with Crippen LogP contribution < -0.4 is 15.4 Å². The normalized spacial score (nSPS) is 10.0. The molecular weight excluding hydrogens is 300 g/mol. The quantitative estimate of drug-likeness (QED) is 0.507. The molecule has 2 N–H and O–H groups in total. The average Bonchev–Trinajstić information content (AvgIpc) is 2.59. The Morgan fingerprint density at radius 2 is 1.25 bits per heavy atom. The van der Waals surface area contributed by atoms with Crippen LogP contribution in [0.4, 0.5) is 22.7 Å². The lowest BCUT2D eigenvalue weighted by atomic mass is 10.2. The van der Waals surface area contributed by atoms with Gasteiger partial charge in [0.1, 0.15) is 0 Å². The van der Waals surface area contributed by atoms with Crippen LogP contribution in [0.1, 0.15) is 6.92 Å². The van der Waals surface area contributed by atoms with Crippen molar-refractivity contribution in [1.82, 2.24) is 0 Å². The largest absolute Gasteiger partial charge is 0.424 e. The Bertz CT molecular complexity index is 815. The molecule has 0 heterocycles. The van der Waals surface area contributed by atoms with Gasteiger partial charge < -0.3 is 15.4 Å². The fourth-order valence-corrected chi connectivity index (χ4v) is 2.29. The number of rotatable bonds is 5. The van der Waals surface area contributed by atoms with Gasteiger partial charge in [-0.1, -0.05) is 30.3 Å². The summed E-state index contributed by atoms with van der Waals surface area (Å²) >= 11 is 0. The fourth-order valence-electron chi connectivity index (χ4n) is 2.29. The van der Waals surface area contributed by atoms with E-state index in [9.17, 15) is 4.79 Å². The summed E-state index contributed by atoms with van der Waals surface area (Å²) in [6.07, 6.45) is 0. The molecule has 0 saturated heterocycles. The van der Waals surface area contributed by atoms with Gasteiger partial charge in [0.2, 0.25) is 0 Å². The molecule has 0 radical (unpaired) electrons. The minimum Gasteiger partial charge on any atom is -0.424 e. The molecule has 0 saturated carbocycles. The number of benzene rings is 3. The number of carbonyl (C=O) groups excluding carboxylic acids is 1. The number of nitrogens with one attached hydrogen (secondary N) is 2. The second-order valence-corrected chi connectivity index (χ2v) is 5.28. The number of para-hydroxylation sites is 3. The van der Waals surface area contributed by atoms with Crippen molar-refractivity contribution < 1.29 is 9.53 Å². The summed E-state index contributed by atoms with van der Waals surface area (Å²) in [5.74, 6) is 0.170. The molecule has 0 aromatic heterocycles. The van der Waals surface area contributed by atoms with Crippen LogP contribution in [-0.2, 0) is 4.79 Å². The third-order valence-corrected chi connectivity index (χ3v) is 3.37. The Kier molecular flexibility index (Phi) is 4.77. The van der Waals surface area contributed by atoms with Crippen LogP contribution in [0, 0.1) is 0 Å². The highest BCUT2D eigenvalue weighted by Crippen LogP contribution is 2.28. The average molecular weight is 318 g/mol. The van der Waals surface area contributed by atoms with E-state index in [1.165, 1.54) is 6.92 Å². The van der Waals surface area contributed by atoms with Crippen molar-refractivity contribution in [2.75, 3.05) is 10.6 Å². The van der Waals surface area contributed by atoms with E-state index in [0.717, 1.165) is 22.7 Å². The van der Waals surface area contributed by atoms with E-state index in [0.29, 0.717) is 5.75 Å². The third kappa shape index (κ3) is 4.14. The molecule has 0 fully saturated rings. The maximum atomic E-state index is 11.2. The van der Waals surface area contributed by atoms with Crippen LogP contribution in [0.15, 0.2) is 78.9 Å². The number of anilines is 4. The maximum Gasteiger partial charge on any atom is 0.308 e. The van der Waals surface area contributed by atoms with Gasteiger partial charge in [-0.3, -0.25) is 4.79 Å². The van der Waals surface area contributed by atoms with E-state index in [1.807, 2.05) is 72.8 Å². The van der Waals surface area contributed by atoms with Gasteiger partial charge in [0.05, 0.1) is 5.69 Å². The van der Waals surface area contributed by atoms with Gasteiger partial charge in [-0.25, -0.2) is 0 Å². The lowest BCUT2D eigenvalue weighted by molar-refractivity contribution is -0.131. The van der Waals surface area contributed by atoms with E-state index in [2.05, 4.69) is 10.6 Å². The standard InChI is InChI=1S/C20H18N2O2/c1-15(23)24-20-10-6-5-9-19(20)22-18-13-11-17(12-14-18)21-16-7-3-2-4-8-16/h2-14,21-22H,1H3. The molecule has 0 atom stereocenters. The molecule has 24 heavy (non-hydrogen) atoms. The fraction of sp³-hybridized carbons (Fsp3) is 0.0500. The molecule has 3 aromatic rings. The van der Waals surface area contributed by atoms with Gasteiger partial charge in [0, 0.05) is 24.0 Å². The summed E-state index contributed by atoms with van der Waals surface area (Å²) in [7, 11) is 0. The van der Waals surface area contributed by atoms with Crippen molar-refractivity contribution in [3.05, 3.63) is 78.9 Å². The molecule has 0 amide bonds. The predicted octanol–water partition coefficient (Wildman–Crippen LogP) is 5.10. The zero-order valence-corrected chi connectivity index (χ0v) is 13.3. The topological polar surface area (TPSA) is 50.4 Å². The van der Waals surface area contributed by atoms with Crippen LogP contribution in [-0.4, -0.2) is 5.97 Å². The zero-order valence-electron chi connectivity index (χ0n) is 13.3. The number of ether oxygens (including phenoxy) is 1. The van der Waals surface area contributed by atoms with Gasteiger partial charge >= 0.3 is 5.97 Å². The number of hydrogen-bond acceptors (Lipinski definition) is 4. The number of hydrogen-bond donors (Lipinski definition) is 2. The highest BCUT2D eigenvalue weighted by Gasteiger charge is 2.05. The lowest BCUT2D eigenvalue weighted by Gasteiger charge is -2.12. The second-order valence-electron chi connectivity index (χ2n) is 5.28. The molecule has 3 aromatic carbocycles. The SMILES string of the molecule is CC(=O)Oc1ccccc1Nc1ccc(Nc2ccccc2)cc1. The van der Waals surface area contributed by atoms with Crippen LogP contribution in [0.2, 0.25) is 0 Å². The maximum absolute atomic E-state index is 11.2. The molecule has 4 heteroatoms. The van der Waals surface area contributed by atoms with E-state index in [1.54, 1.807) is 6.07 Å². The Balaban J connectivity index is 1.72. The minimum atomic E-state index is -0.341. The summed E-state index contributed by atoms with van der Waals surface area (Å²) in [6, 6.07) is 25.3. The molecule has 120 valence electrons. The van der Waals surface area contributed by atoms with Crippen LogP contribution >= 0.6 is 0 Å². The Morgan fingerprint density at radius 3 is 1.92 bits per heavy atom. The molecule has 0 aliphatic rings. The van der Waals surface area contributed by atoms with Crippen molar-refractivity contribution >= 4 is 28.7 Å². The molecular formula is C20H18N2O2. The molecule has 0 aliphatic carbocycles. The van der Waals surface area contributed by atoms with E-state index in [4.69, 9.17) is 4.74 Å². The molecule has 0 unspecified atom stereocenters. The first-order valence-corrected chi connectivity index (χ1v) is 7.67. The van der Waals surface area contributed by atoms with Crippen LogP contribution in [0.3, 0.4) is 0 Å². The Labute approximate surface area is 141 Å². The van der Waals surface area contributed by atoms with Gasteiger partial charge in [0.15, 0.2) is 5.75 Å². The second kappa shape index (κ2) is 7.33. The first kappa shape index (κ1) is 15.6. The van der Waals surface area contributed by atoms with Crippen molar-refractivity contribution in [2.24, 2.45) is 0 Å². The summed E-state index contributed by atoms with van der Waals surface area (Å²) in [5, 5.41) is 6.60. The van der Waals surface area contributed by atoms with Crippen molar-refractivity contribution in [3.8, 4) is 5.75 Å². The first-order chi connectivity index (χ1) is 11.7. The summed E-state index contributed by atoms with van der Waals surface area (Å²) in [4.78, 5) is 11.2. The number of esters is 1. The number of carbonyl (C=O) groups is 1. The van der Waals surface area contributed by atoms with Gasteiger partial charge in [-0.05, 0) is 48.5 Å². The van der Waals surface area contributed by atoms with Crippen molar-refractivity contribution in [2.45, 2.75) is 6.92 Å². The Morgan fingerprint density at radius 1 is 0.708 bits per heavy atom. The van der Waals surface area contributed by atoms with Crippen molar-refractivity contribution in [3.63, 3.8) is 0 Å². The molecule has 0 bridgehead atoms. The lowest BCUT2D eigenvalue weighted by Crippen LogP contribution is -2.03. The van der Waals surface area contributed by atoms with Crippen LogP contribution in [0.25, 0.3) is 0 Å². The van der Waals surface area contributed by atoms with E-state index >= 15 is 0 Å². The van der Waals surface area contributed by atoms with E-state index < -0.39 is 0 Å². The van der Waals surface area contributed by atoms with Crippen LogP contribution in [0.5, 0.6) is 5.75 Å². The van der Waals surface area contributed by atoms with Crippen molar-refractivity contribution in [1.29, 1.82) is 0 Å². The minimum absolute atomic E-state index is 0.341. The van der Waals surface area contributed by atoms with Gasteiger partial charge in [0.25, 0.3) is 0 Å². The zero-order chi connectivity index (χ0) is 16.8. The first-order valence-electron chi connectivity index (χ1n) is 7.67. The smallest absolute Gasteiger partial charge is 0.308 e. The predicted molar refractivity (Wildman–Crippen MR) is 97.2 cm³/mol. The Hall–Kier alpha value is -3.27. The summed E-state index contributed by atoms with van der Waals surface area (Å²) in [6.45, 7) is 1.39. The van der Waals surface area contributed by atoms with Gasteiger partial charge in [-0.15, -0.1) is 0 Å². The highest BCUT2D eigenvalue weighted by atomic mass is 16.5. The molecule has 0 spiro atoms. The van der Waals surface area contributed by atoms with Gasteiger partial charge in [-0.2, -0.15) is 0 Å². The summed E-state index contributed by atoms with van der Waals surface area (Å²) < 4.78 is 5.21. The highest BCUT2D eigenvalue weighted by molar-refractivity contribution is 5.75. The molecule has 0 aliphatic heterocycles. The monoisotopic (exact) mass is 318 g/mol. The third-order valence-electron chi connectivity index (χ3n) is 3.37.